The van der Waals surface area contributed by atoms with E-state index < -0.39 is 21.7 Å². The highest BCUT2D eigenvalue weighted by atomic mass is 32.2. The molecule has 0 fully saturated rings. The molecular weight excluding hydrogens is 427 g/mol. The van der Waals surface area contributed by atoms with Gasteiger partial charge < -0.3 is 5.32 Å². The molecule has 3 rings (SSSR count). The van der Waals surface area contributed by atoms with Crippen molar-refractivity contribution < 1.29 is 17.6 Å². The van der Waals surface area contributed by atoms with Gasteiger partial charge in [-0.3, -0.25) is 4.79 Å². The number of carbonyl (C=O) groups excluding carboxylic acids is 1. The average Bonchev–Trinajstić information content (AvgIpc) is 2.75. The van der Waals surface area contributed by atoms with Crippen molar-refractivity contribution in [3.8, 4) is 0 Å². The molecule has 0 saturated heterocycles. The molecule has 168 valence electrons. The Kier molecular flexibility index (Phi) is 7.11. The maximum atomic E-state index is 14.5. The van der Waals surface area contributed by atoms with E-state index in [0.717, 1.165) is 34.4 Å². The summed E-state index contributed by atoms with van der Waals surface area (Å²) in [6.45, 7) is 7.82. The molecule has 0 aliphatic heterocycles. The quantitative estimate of drug-likeness (QED) is 0.533. The Hall–Kier alpha value is -3.03. The average molecular weight is 455 g/mol. The summed E-state index contributed by atoms with van der Waals surface area (Å²) in [6.07, 6.45) is 0. The zero-order chi connectivity index (χ0) is 23.5. The standard InChI is InChI=1S/C25H27FN2O3S/c1-5-28(16-20-9-7-6-8-10-20)32(30,31)21-11-12-23(26)22(15-21)25(29)27-24-18(3)13-17(2)14-19(24)4/h6-15H,5,16H2,1-4H3,(H,27,29). The zero-order valence-electron chi connectivity index (χ0n) is 18.6. The topological polar surface area (TPSA) is 66.5 Å². The molecule has 0 aromatic heterocycles. The van der Waals surface area contributed by atoms with Crippen LogP contribution in [0.1, 0.15) is 39.5 Å². The smallest absolute Gasteiger partial charge is 0.258 e. The number of nitrogens with zero attached hydrogens (tertiary/aromatic N) is 1. The SMILES string of the molecule is CCN(Cc1ccccc1)S(=O)(=O)c1ccc(F)c(C(=O)Nc2c(C)cc(C)cc2C)c1. The lowest BCUT2D eigenvalue weighted by Crippen LogP contribution is -2.30. The number of anilines is 1. The van der Waals surface area contributed by atoms with E-state index >= 15 is 0 Å². The Bertz CT molecular complexity index is 1220. The summed E-state index contributed by atoms with van der Waals surface area (Å²) in [5, 5.41) is 2.74. The van der Waals surface area contributed by atoms with Gasteiger partial charge in [0, 0.05) is 18.8 Å². The van der Waals surface area contributed by atoms with Gasteiger partial charge in [0.25, 0.3) is 5.91 Å². The van der Waals surface area contributed by atoms with E-state index in [-0.39, 0.29) is 23.5 Å². The van der Waals surface area contributed by atoms with E-state index in [0.29, 0.717) is 5.69 Å². The van der Waals surface area contributed by atoms with E-state index in [9.17, 15) is 17.6 Å². The molecule has 0 aliphatic rings. The Morgan fingerprint density at radius 2 is 1.59 bits per heavy atom. The van der Waals surface area contributed by atoms with Crippen LogP contribution in [-0.4, -0.2) is 25.2 Å². The maximum Gasteiger partial charge on any atom is 0.258 e. The molecule has 1 N–H and O–H groups in total. The van der Waals surface area contributed by atoms with Crippen molar-refractivity contribution in [2.24, 2.45) is 0 Å². The second-order valence-electron chi connectivity index (χ2n) is 7.79. The third-order valence-electron chi connectivity index (χ3n) is 5.29. The number of sulfonamides is 1. The number of amides is 1. The van der Waals surface area contributed by atoms with Gasteiger partial charge in [-0.1, -0.05) is 55.0 Å². The Morgan fingerprint density at radius 1 is 0.969 bits per heavy atom. The second-order valence-corrected chi connectivity index (χ2v) is 9.72. The van der Waals surface area contributed by atoms with Crippen molar-refractivity contribution in [2.75, 3.05) is 11.9 Å². The summed E-state index contributed by atoms with van der Waals surface area (Å²) >= 11 is 0. The van der Waals surface area contributed by atoms with Crippen molar-refractivity contribution in [1.29, 1.82) is 0 Å². The lowest BCUT2D eigenvalue weighted by molar-refractivity contribution is 0.102. The van der Waals surface area contributed by atoms with E-state index in [2.05, 4.69) is 5.32 Å². The summed E-state index contributed by atoms with van der Waals surface area (Å²) in [4.78, 5) is 12.7. The fraction of sp³-hybridized carbons (Fsp3) is 0.240. The number of benzene rings is 3. The van der Waals surface area contributed by atoms with Gasteiger partial charge in [0.2, 0.25) is 10.0 Å². The molecule has 3 aromatic rings. The monoisotopic (exact) mass is 454 g/mol. The van der Waals surface area contributed by atoms with Crippen LogP contribution in [0.5, 0.6) is 0 Å². The summed E-state index contributed by atoms with van der Waals surface area (Å²) in [5.41, 5.74) is 3.85. The van der Waals surface area contributed by atoms with Gasteiger partial charge >= 0.3 is 0 Å². The highest BCUT2D eigenvalue weighted by Crippen LogP contribution is 2.25. The first-order chi connectivity index (χ1) is 15.1. The van der Waals surface area contributed by atoms with Gasteiger partial charge in [-0.2, -0.15) is 4.31 Å². The molecule has 0 heterocycles. The molecule has 0 aliphatic carbocycles. The first-order valence-corrected chi connectivity index (χ1v) is 11.8. The van der Waals surface area contributed by atoms with Crippen LogP contribution in [-0.2, 0) is 16.6 Å². The van der Waals surface area contributed by atoms with Crippen LogP contribution in [0, 0.1) is 26.6 Å². The van der Waals surface area contributed by atoms with Crippen molar-refractivity contribution in [3.05, 3.63) is 94.3 Å². The first-order valence-electron chi connectivity index (χ1n) is 10.4. The second kappa shape index (κ2) is 9.63. The molecule has 0 radical (unpaired) electrons. The minimum atomic E-state index is -3.93. The molecule has 0 atom stereocenters. The minimum absolute atomic E-state index is 0.126. The van der Waals surface area contributed by atoms with E-state index in [1.54, 1.807) is 6.92 Å². The summed E-state index contributed by atoms with van der Waals surface area (Å²) in [6, 6.07) is 16.4. The van der Waals surface area contributed by atoms with Gasteiger partial charge in [-0.05, 0) is 55.7 Å². The molecule has 7 heteroatoms. The van der Waals surface area contributed by atoms with Crippen LogP contribution in [0.4, 0.5) is 10.1 Å². The number of carbonyl (C=O) groups is 1. The molecule has 3 aromatic carbocycles. The van der Waals surface area contributed by atoms with E-state index in [4.69, 9.17) is 0 Å². The molecule has 0 saturated carbocycles. The van der Waals surface area contributed by atoms with Crippen LogP contribution < -0.4 is 5.32 Å². The molecule has 32 heavy (non-hydrogen) atoms. The highest BCUT2D eigenvalue weighted by Gasteiger charge is 2.26. The molecular formula is C25H27FN2O3S. The Labute approximate surface area is 188 Å². The lowest BCUT2D eigenvalue weighted by Gasteiger charge is -2.21. The van der Waals surface area contributed by atoms with Gasteiger partial charge in [0.05, 0.1) is 10.5 Å². The van der Waals surface area contributed by atoms with Gasteiger partial charge in [0.15, 0.2) is 0 Å². The van der Waals surface area contributed by atoms with E-state index in [1.165, 1.54) is 10.4 Å². The van der Waals surface area contributed by atoms with Gasteiger partial charge in [-0.15, -0.1) is 0 Å². The van der Waals surface area contributed by atoms with Crippen molar-refractivity contribution in [2.45, 2.75) is 39.1 Å². The molecule has 0 spiro atoms. The number of nitrogens with one attached hydrogen (secondary N) is 1. The number of rotatable bonds is 7. The number of hydrogen-bond donors (Lipinski definition) is 1. The summed E-state index contributed by atoms with van der Waals surface area (Å²) in [5.74, 6) is -1.48. The van der Waals surface area contributed by atoms with Crippen molar-refractivity contribution in [3.63, 3.8) is 0 Å². The third-order valence-corrected chi connectivity index (χ3v) is 7.21. The minimum Gasteiger partial charge on any atom is -0.321 e. The predicted molar refractivity (Wildman–Crippen MR) is 125 cm³/mol. The molecule has 0 unspecified atom stereocenters. The van der Waals surface area contributed by atoms with Crippen LogP contribution in [0.15, 0.2) is 65.6 Å². The zero-order valence-corrected chi connectivity index (χ0v) is 19.5. The predicted octanol–water partition coefficient (Wildman–Crippen LogP) is 5.21. The largest absolute Gasteiger partial charge is 0.321 e. The van der Waals surface area contributed by atoms with Crippen molar-refractivity contribution >= 4 is 21.6 Å². The van der Waals surface area contributed by atoms with Crippen LogP contribution in [0.3, 0.4) is 0 Å². The van der Waals surface area contributed by atoms with Crippen LogP contribution in [0.2, 0.25) is 0 Å². The third kappa shape index (κ3) is 5.06. The lowest BCUT2D eigenvalue weighted by atomic mass is 10.0. The van der Waals surface area contributed by atoms with Gasteiger partial charge in [0.1, 0.15) is 5.82 Å². The summed E-state index contributed by atoms with van der Waals surface area (Å²) in [7, 11) is -3.93. The highest BCUT2D eigenvalue weighted by molar-refractivity contribution is 7.89. The van der Waals surface area contributed by atoms with Crippen molar-refractivity contribution in [1.82, 2.24) is 4.31 Å². The Morgan fingerprint density at radius 3 is 2.19 bits per heavy atom. The molecule has 5 nitrogen and oxygen atoms in total. The maximum absolute atomic E-state index is 14.5. The number of halogens is 1. The van der Waals surface area contributed by atoms with Crippen LogP contribution >= 0.6 is 0 Å². The Balaban J connectivity index is 1.93. The molecule has 1 amide bonds. The van der Waals surface area contributed by atoms with Gasteiger partial charge in [-0.25, -0.2) is 12.8 Å². The number of aryl methyl sites for hydroxylation is 3. The summed E-state index contributed by atoms with van der Waals surface area (Å²) < 4.78 is 42.3. The van der Waals surface area contributed by atoms with E-state index in [1.807, 2.05) is 63.2 Å². The molecule has 0 bridgehead atoms. The normalized spacial score (nSPS) is 11.6. The number of hydrogen-bond acceptors (Lipinski definition) is 3. The van der Waals surface area contributed by atoms with Crippen LogP contribution in [0.25, 0.3) is 0 Å². The fourth-order valence-electron chi connectivity index (χ4n) is 3.70. The first kappa shape index (κ1) is 23.6. The fourth-order valence-corrected chi connectivity index (χ4v) is 5.16.